The van der Waals surface area contributed by atoms with Gasteiger partial charge in [0.2, 0.25) is 5.91 Å². The maximum absolute atomic E-state index is 13.4. The largest absolute Gasteiger partial charge is 0.383 e. The lowest BCUT2D eigenvalue weighted by Gasteiger charge is -2.19. The summed E-state index contributed by atoms with van der Waals surface area (Å²) < 4.78 is 6.76. The highest BCUT2D eigenvalue weighted by Crippen LogP contribution is 2.35. The Kier molecular flexibility index (Phi) is 7.44. The van der Waals surface area contributed by atoms with Crippen LogP contribution in [0.1, 0.15) is 10.8 Å². The number of benzene rings is 3. The van der Waals surface area contributed by atoms with Gasteiger partial charge in [0.05, 0.1) is 24.1 Å². The molecular weight excluding hydrogens is 458 g/mol. The van der Waals surface area contributed by atoms with Crippen LogP contribution in [0, 0.1) is 0 Å². The zero-order valence-electron chi connectivity index (χ0n) is 17.9. The van der Waals surface area contributed by atoms with Crippen LogP contribution in [0.25, 0.3) is 10.9 Å². The molecule has 4 rings (SSSR count). The normalized spacial score (nSPS) is 11.9. The highest BCUT2D eigenvalue weighted by atomic mass is 35.5. The van der Waals surface area contributed by atoms with Crippen molar-refractivity contribution >= 4 is 45.9 Å². The third kappa shape index (κ3) is 5.45. The van der Waals surface area contributed by atoms with E-state index in [1.165, 1.54) is 11.8 Å². The summed E-state index contributed by atoms with van der Waals surface area (Å²) in [6.45, 7) is 0.644. The van der Waals surface area contributed by atoms with E-state index < -0.39 is 5.25 Å². The number of rotatable bonds is 8. The third-order valence-corrected chi connectivity index (χ3v) is 6.49. The van der Waals surface area contributed by atoms with Crippen molar-refractivity contribution in [2.45, 2.75) is 17.0 Å². The minimum absolute atomic E-state index is 0.202. The van der Waals surface area contributed by atoms with Crippen LogP contribution < -0.4 is 10.9 Å². The zero-order valence-corrected chi connectivity index (χ0v) is 19.5. The second-order valence-electron chi connectivity index (χ2n) is 7.27. The number of halogens is 1. The minimum atomic E-state index is -0.635. The van der Waals surface area contributed by atoms with E-state index in [-0.39, 0.29) is 11.5 Å². The smallest absolute Gasteiger partial charge is 0.262 e. The molecule has 1 N–H and O–H groups in total. The van der Waals surface area contributed by atoms with Gasteiger partial charge in [-0.3, -0.25) is 14.2 Å². The summed E-state index contributed by atoms with van der Waals surface area (Å²) >= 11 is 7.37. The summed E-state index contributed by atoms with van der Waals surface area (Å²) in [5.41, 5.74) is 1.78. The molecule has 33 heavy (non-hydrogen) atoms. The van der Waals surface area contributed by atoms with Crippen molar-refractivity contribution < 1.29 is 9.53 Å². The van der Waals surface area contributed by atoms with Crippen molar-refractivity contribution in [3.8, 4) is 0 Å². The van der Waals surface area contributed by atoms with E-state index in [4.69, 9.17) is 21.3 Å². The fourth-order valence-electron chi connectivity index (χ4n) is 3.38. The number of ether oxygens (including phenoxy) is 1. The number of thioether (sulfide) groups is 1. The van der Waals surface area contributed by atoms with Crippen molar-refractivity contribution in [3.63, 3.8) is 0 Å². The number of carbonyl (C=O) groups excluding carboxylic acids is 1. The maximum Gasteiger partial charge on any atom is 0.262 e. The van der Waals surface area contributed by atoms with Crippen molar-refractivity contribution in [2.24, 2.45) is 0 Å². The van der Waals surface area contributed by atoms with Crippen molar-refractivity contribution in [3.05, 3.63) is 99.8 Å². The van der Waals surface area contributed by atoms with Gasteiger partial charge in [-0.1, -0.05) is 71.9 Å². The van der Waals surface area contributed by atoms with E-state index in [2.05, 4.69) is 5.32 Å². The van der Waals surface area contributed by atoms with E-state index >= 15 is 0 Å². The molecule has 6 nitrogen and oxygen atoms in total. The molecule has 0 aliphatic carbocycles. The molecule has 0 radical (unpaired) electrons. The average molecular weight is 480 g/mol. The molecule has 1 amide bonds. The summed E-state index contributed by atoms with van der Waals surface area (Å²) in [5, 5.41) is 3.70. The lowest BCUT2D eigenvalue weighted by molar-refractivity contribution is -0.115. The Morgan fingerprint density at radius 2 is 1.79 bits per heavy atom. The second-order valence-corrected chi connectivity index (χ2v) is 8.78. The molecule has 0 saturated heterocycles. The Labute approximate surface area is 200 Å². The topological polar surface area (TPSA) is 73.2 Å². The first-order valence-corrected chi connectivity index (χ1v) is 11.6. The Morgan fingerprint density at radius 3 is 2.48 bits per heavy atom. The predicted octanol–water partition coefficient (Wildman–Crippen LogP) is 5.17. The van der Waals surface area contributed by atoms with E-state index in [1.807, 2.05) is 60.7 Å². The summed E-state index contributed by atoms with van der Waals surface area (Å²) in [6, 6.07) is 23.7. The molecule has 1 atom stereocenters. The van der Waals surface area contributed by atoms with Gasteiger partial charge in [0.1, 0.15) is 5.25 Å². The number of nitrogens with zero attached hydrogens (tertiary/aromatic N) is 2. The highest BCUT2D eigenvalue weighted by Gasteiger charge is 2.25. The van der Waals surface area contributed by atoms with Gasteiger partial charge < -0.3 is 10.1 Å². The molecule has 0 aliphatic heterocycles. The molecule has 168 valence electrons. The molecule has 0 saturated carbocycles. The fraction of sp³-hybridized carbons (Fsp3) is 0.160. The van der Waals surface area contributed by atoms with Gasteiger partial charge in [0, 0.05) is 17.8 Å². The van der Waals surface area contributed by atoms with Gasteiger partial charge in [-0.2, -0.15) is 0 Å². The summed E-state index contributed by atoms with van der Waals surface area (Å²) in [6.07, 6.45) is 0. The number of hydrogen-bond donors (Lipinski definition) is 1. The van der Waals surface area contributed by atoms with Crippen LogP contribution >= 0.6 is 23.4 Å². The summed E-state index contributed by atoms with van der Waals surface area (Å²) in [5.74, 6) is -0.212. The minimum Gasteiger partial charge on any atom is -0.383 e. The summed E-state index contributed by atoms with van der Waals surface area (Å²) in [7, 11) is 1.58. The Bertz CT molecular complexity index is 1310. The van der Waals surface area contributed by atoms with Crippen LogP contribution in [0.3, 0.4) is 0 Å². The molecule has 0 bridgehead atoms. The molecule has 8 heteroatoms. The first-order chi connectivity index (χ1) is 16.1. The highest BCUT2D eigenvalue weighted by molar-refractivity contribution is 8.00. The monoisotopic (exact) mass is 479 g/mol. The SMILES string of the molecule is COCCn1c(S[C@@H](C(=O)Nc2ccccc2)c2ccccc2)nc2cc(Cl)ccc2c1=O. The number of hydrogen-bond acceptors (Lipinski definition) is 5. The number of anilines is 1. The van der Waals surface area contributed by atoms with E-state index in [0.717, 1.165) is 5.56 Å². The molecule has 3 aromatic carbocycles. The molecule has 1 heterocycles. The van der Waals surface area contributed by atoms with Gasteiger partial charge in [0.25, 0.3) is 5.56 Å². The average Bonchev–Trinajstić information content (AvgIpc) is 2.83. The van der Waals surface area contributed by atoms with Gasteiger partial charge >= 0.3 is 0 Å². The first kappa shape index (κ1) is 23.0. The van der Waals surface area contributed by atoms with Crippen LogP contribution in [0.15, 0.2) is 88.8 Å². The number of carbonyl (C=O) groups is 1. The quantitative estimate of drug-likeness (QED) is 0.279. The van der Waals surface area contributed by atoms with Crippen LogP contribution in [0.4, 0.5) is 5.69 Å². The molecule has 0 fully saturated rings. The Morgan fingerprint density at radius 1 is 1.09 bits per heavy atom. The predicted molar refractivity (Wildman–Crippen MR) is 133 cm³/mol. The van der Waals surface area contributed by atoms with E-state index in [1.54, 1.807) is 29.9 Å². The van der Waals surface area contributed by atoms with Crippen LogP contribution in [-0.2, 0) is 16.1 Å². The molecule has 0 unspecified atom stereocenters. The summed E-state index contributed by atoms with van der Waals surface area (Å²) in [4.78, 5) is 31.3. The van der Waals surface area contributed by atoms with Gasteiger partial charge in [-0.15, -0.1) is 0 Å². The van der Waals surface area contributed by atoms with Gasteiger partial charge in [-0.05, 0) is 35.9 Å². The fourth-order valence-corrected chi connectivity index (χ4v) is 4.67. The first-order valence-electron chi connectivity index (χ1n) is 10.3. The number of fused-ring (bicyclic) bond motifs is 1. The zero-order chi connectivity index (χ0) is 23.2. The lowest BCUT2D eigenvalue weighted by atomic mass is 10.1. The van der Waals surface area contributed by atoms with Crippen molar-refractivity contribution in [1.82, 2.24) is 9.55 Å². The third-order valence-electron chi connectivity index (χ3n) is 5.01. The number of methoxy groups -OCH3 is 1. The molecule has 0 spiro atoms. The van der Waals surface area contributed by atoms with Crippen LogP contribution in [-0.4, -0.2) is 29.2 Å². The molecular formula is C25H22ClN3O3S. The molecule has 1 aromatic heterocycles. The van der Waals surface area contributed by atoms with E-state index in [9.17, 15) is 9.59 Å². The second kappa shape index (κ2) is 10.7. The maximum atomic E-state index is 13.4. The van der Waals surface area contributed by atoms with Crippen LogP contribution in [0.2, 0.25) is 5.02 Å². The number of amides is 1. The van der Waals surface area contributed by atoms with Gasteiger partial charge in [-0.25, -0.2) is 4.98 Å². The number of para-hydroxylation sites is 1. The number of aromatic nitrogens is 2. The van der Waals surface area contributed by atoms with Crippen molar-refractivity contribution in [1.29, 1.82) is 0 Å². The number of nitrogens with one attached hydrogen (secondary N) is 1. The van der Waals surface area contributed by atoms with Gasteiger partial charge in [0.15, 0.2) is 5.16 Å². The van der Waals surface area contributed by atoms with Crippen molar-refractivity contribution in [2.75, 3.05) is 19.0 Å². The standard InChI is InChI=1S/C25H22ClN3O3S/c1-32-15-14-29-24(31)20-13-12-18(26)16-21(20)28-25(29)33-22(17-8-4-2-5-9-17)23(30)27-19-10-6-3-7-11-19/h2-13,16,22H,14-15H2,1H3,(H,27,30)/t22-/m1/s1. The molecule has 0 aliphatic rings. The molecule has 4 aromatic rings. The lowest BCUT2D eigenvalue weighted by Crippen LogP contribution is -2.26. The Balaban J connectivity index is 1.78. The Hall–Kier alpha value is -3.13. The van der Waals surface area contributed by atoms with Crippen LogP contribution in [0.5, 0.6) is 0 Å². The van der Waals surface area contributed by atoms with E-state index in [0.29, 0.717) is 39.9 Å².